The topological polar surface area (TPSA) is 32.3 Å². The molecule has 0 aromatic heterocycles. The summed E-state index contributed by atoms with van der Waals surface area (Å²) < 4.78 is 0. The lowest BCUT2D eigenvalue weighted by atomic mass is 9.89. The van der Waals surface area contributed by atoms with E-state index in [0.29, 0.717) is 11.7 Å². The summed E-state index contributed by atoms with van der Waals surface area (Å²) in [5.74, 6) is 0.815. The maximum absolute atomic E-state index is 9.57. The summed E-state index contributed by atoms with van der Waals surface area (Å²) in [6.07, 6.45) is 2.20. The van der Waals surface area contributed by atoms with Gasteiger partial charge in [-0.3, -0.25) is 0 Å². The molecule has 3 heteroatoms. The zero-order valence-electron chi connectivity index (χ0n) is 8.89. The fourth-order valence-corrected chi connectivity index (χ4v) is 2.47. The molecular weight excluding hydrogens is 210 g/mol. The molecule has 1 fully saturated rings. The van der Waals surface area contributed by atoms with Crippen molar-refractivity contribution in [2.45, 2.75) is 25.7 Å². The van der Waals surface area contributed by atoms with Crippen molar-refractivity contribution in [2.75, 3.05) is 13.1 Å². The third kappa shape index (κ3) is 2.27. The van der Waals surface area contributed by atoms with Gasteiger partial charge in [-0.05, 0) is 62.0 Å². The van der Waals surface area contributed by atoms with Crippen molar-refractivity contribution < 1.29 is 5.11 Å². The minimum absolute atomic E-state index is 0.324. The van der Waals surface area contributed by atoms with Gasteiger partial charge >= 0.3 is 0 Å². The predicted molar refractivity (Wildman–Crippen MR) is 62.7 cm³/mol. The van der Waals surface area contributed by atoms with E-state index in [1.165, 1.54) is 0 Å². The Bertz CT molecular complexity index is 359. The van der Waals surface area contributed by atoms with Crippen LogP contribution in [0.1, 0.15) is 29.9 Å². The molecule has 0 atom stereocenters. The van der Waals surface area contributed by atoms with Gasteiger partial charge in [-0.15, -0.1) is 0 Å². The van der Waals surface area contributed by atoms with Crippen LogP contribution >= 0.6 is 11.6 Å². The van der Waals surface area contributed by atoms with Crippen LogP contribution in [0.25, 0.3) is 0 Å². The van der Waals surface area contributed by atoms with Crippen LogP contribution in [-0.2, 0) is 0 Å². The Morgan fingerprint density at radius 2 is 2.00 bits per heavy atom. The molecule has 2 rings (SSSR count). The molecule has 1 heterocycles. The van der Waals surface area contributed by atoms with Gasteiger partial charge in [-0.25, -0.2) is 0 Å². The first-order chi connectivity index (χ1) is 7.18. The summed E-state index contributed by atoms with van der Waals surface area (Å²) >= 11 is 6.27. The van der Waals surface area contributed by atoms with Crippen LogP contribution in [0.2, 0.25) is 5.02 Å². The SMILES string of the molecule is Cc1cc(O)cc(C2CCNCC2)c1Cl. The molecule has 0 aliphatic carbocycles. The maximum Gasteiger partial charge on any atom is 0.116 e. The first-order valence-corrected chi connectivity index (χ1v) is 5.76. The summed E-state index contributed by atoms with van der Waals surface area (Å²) in [5.41, 5.74) is 2.07. The van der Waals surface area contributed by atoms with E-state index in [0.717, 1.165) is 42.1 Å². The number of hydrogen-bond donors (Lipinski definition) is 2. The highest BCUT2D eigenvalue weighted by Crippen LogP contribution is 2.35. The van der Waals surface area contributed by atoms with Crippen LogP contribution in [0.5, 0.6) is 5.75 Å². The van der Waals surface area contributed by atoms with Crippen LogP contribution < -0.4 is 5.32 Å². The number of phenolic OH excluding ortho intramolecular Hbond substituents is 1. The van der Waals surface area contributed by atoms with E-state index in [2.05, 4.69) is 5.32 Å². The van der Waals surface area contributed by atoms with Crippen LogP contribution in [0, 0.1) is 6.92 Å². The Kier molecular flexibility index (Phi) is 3.17. The highest BCUT2D eigenvalue weighted by atomic mass is 35.5. The maximum atomic E-state index is 9.57. The van der Waals surface area contributed by atoms with E-state index in [1.807, 2.05) is 13.0 Å². The predicted octanol–water partition coefficient (Wildman–Crippen LogP) is 2.82. The van der Waals surface area contributed by atoms with Crippen molar-refractivity contribution in [2.24, 2.45) is 0 Å². The van der Waals surface area contributed by atoms with Gasteiger partial charge in [0.25, 0.3) is 0 Å². The summed E-state index contributed by atoms with van der Waals surface area (Å²) in [7, 11) is 0. The molecule has 1 saturated heterocycles. The third-order valence-corrected chi connectivity index (χ3v) is 3.56. The molecule has 2 N–H and O–H groups in total. The quantitative estimate of drug-likeness (QED) is 0.771. The van der Waals surface area contributed by atoms with Gasteiger partial charge < -0.3 is 10.4 Å². The van der Waals surface area contributed by atoms with Crippen molar-refractivity contribution in [1.29, 1.82) is 0 Å². The van der Waals surface area contributed by atoms with Crippen molar-refractivity contribution in [3.63, 3.8) is 0 Å². The second-order valence-corrected chi connectivity index (χ2v) is 4.57. The molecule has 0 amide bonds. The van der Waals surface area contributed by atoms with Crippen molar-refractivity contribution in [1.82, 2.24) is 5.32 Å². The van der Waals surface area contributed by atoms with Crippen LogP contribution in [0.15, 0.2) is 12.1 Å². The molecule has 0 spiro atoms. The molecule has 1 aliphatic heterocycles. The standard InChI is InChI=1S/C12H16ClNO/c1-8-6-10(15)7-11(12(8)13)9-2-4-14-5-3-9/h6-7,9,14-15H,2-5H2,1H3. The monoisotopic (exact) mass is 225 g/mol. The summed E-state index contributed by atoms with van der Waals surface area (Å²) in [6.45, 7) is 4.01. The molecule has 2 nitrogen and oxygen atoms in total. The van der Waals surface area contributed by atoms with E-state index < -0.39 is 0 Å². The van der Waals surface area contributed by atoms with Gasteiger partial charge in [-0.2, -0.15) is 0 Å². The van der Waals surface area contributed by atoms with E-state index in [9.17, 15) is 5.11 Å². The normalized spacial score (nSPS) is 18.0. The van der Waals surface area contributed by atoms with Gasteiger partial charge in [0.1, 0.15) is 5.75 Å². The molecule has 0 saturated carbocycles. The van der Waals surface area contributed by atoms with Gasteiger partial charge in [0.15, 0.2) is 0 Å². The number of benzene rings is 1. The number of aromatic hydroxyl groups is 1. The van der Waals surface area contributed by atoms with Crippen LogP contribution in [-0.4, -0.2) is 18.2 Å². The van der Waals surface area contributed by atoms with Crippen LogP contribution in [0.3, 0.4) is 0 Å². The first kappa shape index (κ1) is 10.8. The van der Waals surface area contributed by atoms with E-state index in [1.54, 1.807) is 6.07 Å². The van der Waals surface area contributed by atoms with E-state index in [4.69, 9.17) is 11.6 Å². The Labute approximate surface area is 95.3 Å². The largest absolute Gasteiger partial charge is 0.508 e. The highest BCUT2D eigenvalue weighted by molar-refractivity contribution is 6.32. The summed E-state index contributed by atoms with van der Waals surface area (Å²) in [5, 5.41) is 13.7. The number of nitrogens with one attached hydrogen (secondary N) is 1. The van der Waals surface area contributed by atoms with Crippen molar-refractivity contribution in [3.8, 4) is 5.75 Å². The third-order valence-electron chi connectivity index (χ3n) is 3.05. The summed E-state index contributed by atoms with van der Waals surface area (Å²) in [6, 6.07) is 3.53. The number of piperidine rings is 1. The van der Waals surface area contributed by atoms with Crippen LogP contribution in [0.4, 0.5) is 0 Å². The highest BCUT2D eigenvalue weighted by Gasteiger charge is 2.19. The van der Waals surface area contributed by atoms with Gasteiger partial charge in [-0.1, -0.05) is 11.6 Å². The minimum Gasteiger partial charge on any atom is -0.508 e. The van der Waals surface area contributed by atoms with E-state index >= 15 is 0 Å². The van der Waals surface area contributed by atoms with Gasteiger partial charge in [0.05, 0.1) is 0 Å². The Morgan fingerprint density at radius 1 is 1.33 bits per heavy atom. The number of phenols is 1. The number of hydrogen-bond acceptors (Lipinski definition) is 2. The fourth-order valence-electron chi connectivity index (χ4n) is 2.21. The lowest BCUT2D eigenvalue weighted by molar-refractivity contribution is 0.451. The Balaban J connectivity index is 2.33. The molecule has 15 heavy (non-hydrogen) atoms. The zero-order chi connectivity index (χ0) is 10.8. The van der Waals surface area contributed by atoms with Gasteiger partial charge in [0, 0.05) is 5.02 Å². The average Bonchev–Trinajstić information content (AvgIpc) is 2.24. The lowest BCUT2D eigenvalue weighted by Gasteiger charge is -2.24. The first-order valence-electron chi connectivity index (χ1n) is 5.38. The summed E-state index contributed by atoms with van der Waals surface area (Å²) in [4.78, 5) is 0. The molecule has 0 bridgehead atoms. The number of halogens is 1. The number of rotatable bonds is 1. The second-order valence-electron chi connectivity index (χ2n) is 4.19. The molecule has 1 aromatic carbocycles. The molecule has 1 aromatic rings. The Hall–Kier alpha value is -0.730. The van der Waals surface area contributed by atoms with E-state index in [-0.39, 0.29) is 0 Å². The van der Waals surface area contributed by atoms with Crippen molar-refractivity contribution in [3.05, 3.63) is 28.3 Å². The van der Waals surface area contributed by atoms with Crippen molar-refractivity contribution >= 4 is 11.6 Å². The Morgan fingerprint density at radius 3 is 2.67 bits per heavy atom. The molecule has 82 valence electrons. The zero-order valence-corrected chi connectivity index (χ0v) is 9.64. The molecule has 0 unspecified atom stereocenters. The molecular formula is C12H16ClNO. The van der Waals surface area contributed by atoms with Gasteiger partial charge in [0.2, 0.25) is 0 Å². The fraction of sp³-hybridized carbons (Fsp3) is 0.500. The average molecular weight is 226 g/mol. The lowest BCUT2D eigenvalue weighted by Crippen LogP contribution is -2.26. The smallest absolute Gasteiger partial charge is 0.116 e. The molecule has 1 aliphatic rings. The molecule has 0 radical (unpaired) electrons. The second kappa shape index (κ2) is 4.42. The number of aryl methyl sites for hydroxylation is 1. The minimum atomic E-state index is 0.324.